The number of hydrogen-bond acceptors (Lipinski definition) is 3. The summed E-state index contributed by atoms with van der Waals surface area (Å²) in [6.45, 7) is 0.627. The molecule has 0 bridgehead atoms. The van der Waals surface area contributed by atoms with E-state index in [1.165, 1.54) is 0 Å². The smallest absolute Gasteiger partial charge is 0.228 e. The topological polar surface area (TPSA) is 58.6 Å². The summed E-state index contributed by atoms with van der Waals surface area (Å²) < 4.78 is 5.41. The number of benzene rings is 1. The summed E-state index contributed by atoms with van der Waals surface area (Å²) in [7, 11) is 0. The third-order valence-corrected chi connectivity index (χ3v) is 2.27. The lowest BCUT2D eigenvalue weighted by atomic mass is 10.1. The van der Waals surface area contributed by atoms with Crippen LogP contribution in [0.25, 0.3) is 0 Å². The first-order valence-corrected chi connectivity index (χ1v) is 4.96. The third kappa shape index (κ3) is 2.27. The van der Waals surface area contributed by atoms with E-state index in [1.54, 1.807) is 0 Å². The van der Waals surface area contributed by atoms with Gasteiger partial charge in [-0.25, -0.2) is 0 Å². The molecule has 2 N–H and O–H groups in total. The van der Waals surface area contributed by atoms with Crippen molar-refractivity contribution >= 4 is 11.6 Å². The summed E-state index contributed by atoms with van der Waals surface area (Å²) in [4.78, 5) is 11.1. The average molecular weight is 207 g/mol. The molecule has 0 aromatic heterocycles. The van der Waals surface area contributed by atoms with E-state index < -0.39 is 0 Å². The van der Waals surface area contributed by atoms with Gasteiger partial charge in [-0.15, -0.1) is 0 Å². The number of hydrogen-bond donors (Lipinski definition) is 2. The Morgan fingerprint density at radius 3 is 3.13 bits per heavy atom. The molecular weight excluding hydrogens is 194 g/mol. The van der Waals surface area contributed by atoms with Crippen molar-refractivity contribution in [3.8, 4) is 5.75 Å². The van der Waals surface area contributed by atoms with Crippen molar-refractivity contribution in [2.75, 3.05) is 18.5 Å². The normalized spacial score (nSPS) is 13.5. The molecule has 1 amide bonds. The maximum Gasteiger partial charge on any atom is 0.228 e. The molecule has 0 radical (unpaired) electrons. The highest BCUT2D eigenvalue weighted by Gasteiger charge is 2.17. The molecule has 1 aromatic rings. The van der Waals surface area contributed by atoms with Gasteiger partial charge in [0.2, 0.25) is 5.91 Å². The molecule has 80 valence electrons. The summed E-state index contributed by atoms with van der Waals surface area (Å²) in [5.41, 5.74) is 1.84. The predicted molar refractivity (Wildman–Crippen MR) is 56.0 cm³/mol. The van der Waals surface area contributed by atoms with Crippen LogP contribution in [0.1, 0.15) is 12.0 Å². The van der Waals surface area contributed by atoms with E-state index in [1.807, 2.05) is 18.2 Å². The fourth-order valence-electron chi connectivity index (χ4n) is 1.55. The largest absolute Gasteiger partial charge is 0.493 e. The number of fused-ring (bicyclic) bond motifs is 1. The Hall–Kier alpha value is -1.55. The Kier molecular flexibility index (Phi) is 2.87. The van der Waals surface area contributed by atoms with E-state index >= 15 is 0 Å². The summed E-state index contributed by atoms with van der Waals surface area (Å²) >= 11 is 0. The van der Waals surface area contributed by atoms with Gasteiger partial charge in [-0.2, -0.15) is 0 Å². The summed E-state index contributed by atoms with van der Waals surface area (Å²) in [5.74, 6) is 0.774. The van der Waals surface area contributed by atoms with Crippen LogP contribution in [0, 0.1) is 0 Å². The minimum Gasteiger partial charge on any atom is -0.493 e. The van der Waals surface area contributed by atoms with E-state index in [9.17, 15) is 4.79 Å². The maximum absolute atomic E-state index is 11.1. The number of anilines is 1. The molecule has 0 aliphatic carbocycles. The molecule has 4 nitrogen and oxygen atoms in total. The highest BCUT2D eigenvalue weighted by molar-refractivity contribution is 5.99. The second-order valence-corrected chi connectivity index (χ2v) is 3.47. The van der Waals surface area contributed by atoms with Crippen LogP contribution < -0.4 is 10.1 Å². The van der Waals surface area contributed by atoms with Gasteiger partial charge < -0.3 is 15.2 Å². The maximum atomic E-state index is 11.1. The minimum atomic E-state index is 0.0255. The van der Waals surface area contributed by atoms with E-state index in [0.717, 1.165) is 17.0 Å². The number of carbonyl (C=O) groups excluding carboxylic acids is 1. The van der Waals surface area contributed by atoms with Crippen molar-refractivity contribution in [1.82, 2.24) is 0 Å². The van der Waals surface area contributed by atoms with Gasteiger partial charge in [-0.3, -0.25) is 4.79 Å². The van der Waals surface area contributed by atoms with E-state index in [0.29, 0.717) is 19.4 Å². The van der Waals surface area contributed by atoms with Gasteiger partial charge in [-0.1, -0.05) is 0 Å². The Morgan fingerprint density at radius 2 is 2.33 bits per heavy atom. The Bertz CT molecular complexity index is 376. The van der Waals surface area contributed by atoms with Gasteiger partial charge in [-0.05, 0) is 23.8 Å². The lowest BCUT2D eigenvalue weighted by Crippen LogP contribution is -2.03. The predicted octanol–water partition coefficient (Wildman–Crippen LogP) is 0.942. The molecular formula is C11H13NO3. The number of rotatable bonds is 4. The van der Waals surface area contributed by atoms with Crippen molar-refractivity contribution in [2.24, 2.45) is 0 Å². The van der Waals surface area contributed by atoms with Crippen molar-refractivity contribution < 1.29 is 14.6 Å². The van der Waals surface area contributed by atoms with Crippen molar-refractivity contribution in [2.45, 2.75) is 12.8 Å². The number of ether oxygens (including phenoxy) is 1. The second-order valence-electron chi connectivity index (χ2n) is 3.47. The van der Waals surface area contributed by atoms with Crippen LogP contribution in [-0.2, 0) is 11.2 Å². The zero-order chi connectivity index (χ0) is 10.7. The van der Waals surface area contributed by atoms with Gasteiger partial charge in [0, 0.05) is 18.7 Å². The van der Waals surface area contributed by atoms with Crippen molar-refractivity contribution in [3.05, 3.63) is 23.8 Å². The first-order chi connectivity index (χ1) is 7.29. The van der Waals surface area contributed by atoms with Crippen molar-refractivity contribution in [1.29, 1.82) is 0 Å². The van der Waals surface area contributed by atoms with Gasteiger partial charge >= 0.3 is 0 Å². The molecule has 15 heavy (non-hydrogen) atoms. The van der Waals surface area contributed by atoms with Crippen LogP contribution in [0.2, 0.25) is 0 Å². The third-order valence-electron chi connectivity index (χ3n) is 2.27. The van der Waals surface area contributed by atoms with Gasteiger partial charge in [0.25, 0.3) is 0 Å². The summed E-state index contributed by atoms with van der Waals surface area (Å²) in [6, 6.07) is 5.53. The highest BCUT2D eigenvalue weighted by Crippen LogP contribution is 2.27. The zero-order valence-corrected chi connectivity index (χ0v) is 8.32. The molecule has 0 saturated carbocycles. The Labute approximate surface area is 87.9 Å². The molecule has 1 aliphatic rings. The molecule has 2 rings (SSSR count). The first-order valence-electron chi connectivity index (χ1n) is 4.96. The Morgan fingerprint density at radius 1 is 1.47 bits per heavy atom. The lowest BCUT2D eigenvalue weighted by molar-refractivity contribution is -0.115. The number of nitrogens with one attached hydrogen (secondary N) is 1. The number of aliphatic hydroxyl groups excluding tert-OH is 1. The number of aliphatic hydroxyl groups is 1. The molecule has 4 heteroatoms. The standard InChI is InChI=1S/C11H13NO3/c13-4-1-5-15-9-2-3-10-8(6-9)7-11(14)12-10/h2-3,6,13H,1,4-5,7H2,(H,12,14). The van der Waals surface area contributed by atoms with Crippen LogP contribution in [0.4, 0.5) is 5.69 Å². The van der Waals surface area contributed by atoms with E-state index in [2.05, 4.69) is 5.32 Å². The summed E-state index contributed by atoms with van der Waals surface area (Å²) in [6.07, 6.45) is 1.04. The Balaban J connectivity index is 2.03. The minimum absolute atomic E-state index is 0.0255. The fraction of sp³-hybridized carbons (Fsp3) is 0.364. The molecule has 0 fully saturated rings. The van der Waals surface area contributed by atoms with Crippen LogP contribution in [0.15, 0.2) is 18.2 Å². The molecule has 0 unspecified atom stereocenters. The molecule has 0 spiro atoms. The molecule has 0 atom stereocenters. The van der Waals surface area contributed by atoms with Crippen LogP contribution in [-0.4, -0.2) is 24.2 Å². The first kappa shape index (κ1) is 9.98. The second kappa shape index (κ2) is 4.31. The fourth-order valence-corrected chi connectivity index (χ4v) is 1.55. The molecule has 1 aromatic carbocycles. The van der Waals surface area contributed by atoms with Crippen LogP contribution in [0.3, 0.4) is 0 Å². The molecule has 0 saturated heterocycles. The van der Waals surface area contributed by atoms with Crippen LogP contribution in [0.5, 0.6) is 5.75 Å². The van der Waals surface area contributed by atoms with Crippen molar-refractivity contribution in [3.63, 3.8) is 0 Å². The molecule has 1 heterocycles. The zero-order valence-electron chi connectivity index (χ0n) is 8.32. The quantitative estimate of drug-likeness (QED) is 0.722. The average Bonchev–Trinajstić information content (AvgIpc) is 2.57. The van der Waals surface area contributed by atoms with E-state index in [-0.39, 0.29) is 12.5 Å². The number of amides is 1. The van der Waals surface area contributed by atoms with Gasteiger partial charge in [0.1, 0.15) is 5.75 Å². The van der Waals surface area contributed by atoms with E-state index in [4.69, 9.17) is 9.84 Å². The van der Waals surface area contributed by atoms with Gasteiger partial charge in [0.05, 0.1) is 13.0 Å². The summed E-state index contributed by atoms with van der Waals surface area (Å²) in [5, 5.41) is 11.4. The van der Waals surface area contributed by atoms with Crippen LogP contribution >= 0.6 is 0 Å². The van der Waals surface area contributed by atoms with Gasteiger partial charge in [0.15, 0.2) is 0 Å². The SMILES string of the molecule is O=C1Cc2cc(OCCCO)ccc2N1. The highest BCUT2D eigenvalue weighted by atomic mass is 16.5. The number of carbonyl (C=O) groups is 1. The molecule has 1 aliphatic heterocycles. The monoisotopic (exact) mass is 207 g/mol. The lowest BCUT2D eigenvalue weighted by Gasteiger charge is -2.06.